The molecule has 1 atom stereocenters. The average molecular weight is 415 g/mol. The van der Waals surface area contributed by atoms with Crippen LogP contribution in [0.4, 0.5) is 0 Å². The third kappa shape index (κ3) is 4.73. The molecular formula is C27H26O2S. The molecule has 3 aromatic rings. The first-order chi connectivity index (χ1) is 14.6. The Bertz CT molecular complexity index is 1000. The molecule has 0 spiro atoms. The fraction of sp³-hybridized carbons (Fsp3) is 0.259. The number of hydrogen-bond donors (Lipinski definition) is 0. The van der Waals surface area contributed by atoms with Gasteiger partial charge in [0.1, 0.15) is 0 Å². The lowest BCUT2D eigenvalue weighted by Crippen LogP contribution is -2.19. The van der Waals surface area contributed by atoms with Crippen LogP contribution in [0.5, 0.6) is 0 Å². The summed E-state index contributed by atoms with van der Waals surface area (Å²) >= 11 is 1.64. The standard InChI is InChI=1S/C27H26O2S/c1-19(20-7-5-6-8-20)26(28)22-11-15-24(16-12-22)30-25-17-13-23(14-18-25)27(29)21-9-3-2-4-10-21/h2-4,9-20H,5-8H2,1H3. The number of carbonyl (C=O) groups excluding carboxylic acids is 2. The van der Waals surface area contributed by atoms with Gasteiger partial charge < -0.3 is 0 Å². The smallest absolute Gasteiger partial charge is 0.193 e. The predicted molar refractivity (Wildman–Crippen MR) is 122 cm³/mol. The van der Waals surface area contributed by atoms with Gasteiger partial charge in [0.15, 0.2) is 11.6 Å². The van der Waals surface area contributed by atoms with E-state index in [1.54, 1.807) is 11.8 Å². The van der Waals surface area contributed by atoms with Crippen molar-refractivity contribution >= 4 is 23.3 Å². The van der Waals surface area contributed by atoms with Gasteiger partial charge in [0.05, 0.1) is 0 Å². The molecule has 0 bridgehead atoms. The van der Waals surface area contributed by atoms with Crippen LogP contribution in [0.3, 0.4) is 0 Å². The van der Waals surface area contributed by atoms with E-state index in [0.29, 0.717) is 17.0 Å². The minimum absolute atomic E-state index is 0.0337. The molecule has 1 fully saturated rings. The minimum atomic E-state index is 0.0337. The van der Waals surface area contributed by atoms with Crippen LogP contribution in [-0.4, -0.2) is 11.6 Å². The van der Waals surface area contributed by atoms with Crippen molar-refractivity contribution in [2.45, 2.75) is 42.4 Å². The van der Waals surface area contributed by atoms with E-state index >= 15 is 0 Å². The molecule has 1 aliphatic carbocycles. The zero-order valence-corrected chi connectivity index (χ0v) is 18.0. The van der Waals surface area contributed by atoms with Gasteiger partial charge in [-0.05, 0) is 55.2 Å². The van der Waals surface area contributed by atoms with Crippen molar-refractivity contribution in [1.29, 1.82) is 0 Å². The van der Waals surface area contributed by atoms with E-state index in [2.05, 4.69) is 6.92 Å². The van der Waals surface area contributed by atoms with Crippen molar-refractivity contribution in [2.75, 3.05) is 0 Å². The molecule has 1 aliphatic rings. The largest absolute Gasteiger partial charge is 0.294 e. The number of ketones is 2. The van der Waals surface area contributed by atoms with Crippen LogP contribution in [-0.2, 0) is 0 Å². The van der Waals surface area contributed by atoms with Crippen LogP contribution >= 0.6 is 11.8 Å². The molecule has 30 heavy (non-hydrogen) atoms. The molecular weight excluding hydrogens is 388 g/mol. The van der Waals surface area contributed by atoms with E-state index in [1.807, 2.05) is 78.9 Å². The molecule has 3 aromatic carbocycles. The molecule has 4 rings (SSSR count). The summed E-state index contributed by atoms with van der Waals surface area (Å²) in [5, 5.41) is 0. The van der Waals surface area contributed by atoms with E-state index < -0.39 is 0 Å². The molecule has 152 valence electrons. The Hall–Kier alpha value is -2.65. The highest BCUT2D eigenvalue weighted by Gasteiger charge is 2.27. The van der Waals surface area contributed by atoms with Crippen molar-refractivity contribution in [1.82, 2.24) is 0 Å². The minimum Gasteiger partial charge on any atom is -0.294 e. The van der Waals surface area contributed by atoms with Crippen molar-refractivity contribution in [3.05, 3.63) is 95.6 Å². The summed E-state index contributed by atoms with van der Waals surface area (Å²) in [7, 11) is 0. The summed E-state index contributed by atoms with van der Waals surface area (Å²) in [4.78, 5) is 27.5. The van der Waals surface area contributed by atoms with Gasteiger partial charge in [-0.25, -0.2) is 0 Å². The third-order valence-electron chi connectivity index (χ3n) is 6.05. The number of carbonyl (C=O) groups is 2. The fourth-order valence-corrected chi connectivity index (χ4v) is 5.00. The average Bonchev–Trinajstić information content (AvgIpc) is 3.34. The van der Waals surface area contributed by atoms with E-state index in [1.165, 1.54) is 25.7 Å². The fourth-order valence-electron chi connectivity index (χ4n) is 4.19. The molecule has 0 amide bonds. The molecule has 0 N–H and O–H groups in total. The van der Waals surface area contributed by atoms with Crippen LogP contribution in [0, 0.1) is 11.8 Å². The Morgan fingerprint density at radius 3 is 1.80 bits per heavy atom. The van der Waals surface area contributed by atoms with Gasteiger partial charge in [-0.15, -0.1) is 0 Å². The second-order valence-electron chi connectivity index (χ2n) is 8.04. The predicted octanol–water partition coefficient (Wildman–Crippen LogP) is 7.08. The molecule has 0 heterocycles. The van der Waals surface area contributed by atoms with Gasteiger partial charge >= 0.3 is 0 Å². The maximum atomic E-state index is 12.8. The molecule has 0 radical (unpaired) electrons. The Balaban J connectivity index is 1.39. The number of benzene rings is 3. The van der Waals surface area contributed by atoms with Gasteiger partial charge in [0, 0.05) is 32.4 Å². The van der Waals surface area contributed by atoms with Crippen LogP contribution in [0.15, 0.2) is 88.7 Å². The molecule has 1 saturated carbocycles. The Labute approximate surface area is 182 Å². The SMILES string of the molecule is CC(C(=O)c1ccc(Sc2ccc(C(=O)c3ccccc3)cc2)cc1)C1CCCC1. The summed E-state index contributed by atoms with van der Waals surface area (Å²) < 4.78 is 0. The lowest BCUT2D eigenvalue weighted by atomic mass is 9.86. The molecule has 0 saturated heterocycles. The number of hydrogen-bond acceptors (Lipinski definition) is 3. The van der Waals surface area contributed by atoms with Crippen molar-refractivity contribution in [3.8, 4) is 0 Å². The first kappa shape index (κ1) is 20.6. The van der Waals surface area contributed by atoms with Gasteiger partial charge in [-0.3, -0.25) is 9.59 Å². The lowest BCUT2D eigenvalue weighted by molar-refractivity contribution is 0.0888. The maximum Gasteiger partial charge on any atom is 0.193 e. The summed E-state index contributed by atoms with van der Waals surface area (Å²) in [6.07, 6.45) is 4.88. The monoisotopic (exact) mass is 414 g/mol. The highest BCUT2D eigenvalue weighted by Crippen LogP contribution is 2.34. The molecule has 2 nitrogen and oxygen atoms in total. The van der Waals surface area contributed by atoms with Crippen LogP contribution in [0.25, 0.3) is 0 Å². The topological polar surface area (TPSA) is 34.1 Å². The molecule has 3 heteroatoms. The summed E-state index contributed by atoms with van der Waals surface area (Å²) in [5.41, 5.74) is 2.19. The van der Waals surface area contributed by atoms with Crippen molar-refractivity contribution in [2.24, 2.45) is 11.8 Å². The summed E-state index contributed by atoms with van der Waals surface area (Å²) in [6, 6.07) is 25.0. The quantitative estimate of drug-likeness (QED) is 0.387. The van der Waals surface area contributed by atoms with Gasteiger partial charge in [0.2, 0.25) is 0 Å². The van der Waals surface area contributed by atoms with Gasteiger partial charge in [0.25, 0.3) is 0 Å². The van der Waals surface area contributed by atoms with Crippen LogP contribution in [0.1, 0.15) is 58.9 Å². The first-order valence-corrected chi connectivity index (χ1v) is 11.5. The van der Waals surface area contributed by atoms with Crippen molar-refractivity contribution < 1.29 is 9.59 Å². The molecule has 0 aromatic heterocycles. The highest BCUT2D eigenvalue weighted by molar-refractivity contribution is 7.99. The highest BCUT2D eigenvalue weighted by atomic mass is 32.2. The Morgan fingerprint density at radius 1 is 0.733 bits per heavy atom. The van der Waals surface area contributed by atoms with E-state index in [-0.39, 0.29) is 17.5 Å². The van der Waals surface area contributed by atoms with E-state index in [9.17, 15) is 9.59 Å². The summed E-state index contributed by atoms with van der Waals surface area (Å²) in [5.74, 6) is 0.956. The van der Waals surface area contributed by atoms with Crippen LogP contribution in [0.2, 0.25) is 0 Å². The lowest BCUT2D eigenvalue weighted by Gasteiger charge is -2.17. The maximum absolute atomic E-state index is 12.8. The number of Topliss-reactive ketones (excluding diaryl/α,β-unsaturated/α-hetero) is 1. The van der Waals surface area contributed by atoms with Crippen molar-refractivity contribution in [3.63, 3.8) is 0 Å². The second kappa shape index (κ2) is 9.44. The van der Waals surface area contributed by atoms with E-state index in [0.717, 1.165) is 15.4 Å². The summed E-state index contributed by atoms with van der Waals surface area (Å²) in [6.45, 7) is 2.08. The normalized spacial score (nSPS) is 15.1. The zero-order chi connectivity index (χ0) is 20.9. The van der Waals surface area contributed by atoms with E-state index in [4.69, 9.17) is 0 Å². The number of rotatable bonds is 7. The molecule has 1 unspecified atom stereocenters. The third-order valence-corrected chi connectivity index (χ3v) is 7.06. The molecule has 0 aliphatic heterocycles. The first-order valence-electron chi connectivity index (χ1n) is 10.6. The Kier molecular flexibility index (Phi) is 6.49. The van der Waals surface area contributed by atoms with Gasteiger partial charge in [-0.1, -0.05) is 74.0 Å². The van der Waals surface area contributed by atoms with Crippen LogP contribution < -0.4 is 0 Å². The Morgan fingerprint density at radius 2 is 1.23 bits per heavy atom. The second-order valence-corrected chi connectivity index (χ2v) is 9.19. The zero-order valence-electron chi connectivity index (χ0n) is 17.2. The van der Waals surface area contributed by atoms with Gasteiger partial charge in [-0.2, -0.15) is 0 Å².